The normalized spacial score (nSPS) is 10.8. The van der Waals surface area contributed by atoms with Crippen molar-refractivity contribution in [1.82, 2.24) is 0 Å². The van der Waals surface area contributed by atoms with Gasteiger partial charge in [0.1, 0.15) is 12.4 Å². The molecule has 3 aromatic carbocycles. The van der Waals surface area contributed by atoms with Gasteiger partial charge < -0.3 is 19.5 Å². The minimum Gasteiger partial charge on any atom is -0.494 e. The number of methoxy groups -OCH3 is 1. The Balaban J connectivity index is 1.60. The van der Waals surface area contributed by atoms with E-state index in [4.69, 9.17) is 14.2 Å². The summed E-state index contributed by atoms with van der Waals surface area (Å²) in [5.41, 5.74) is 2.57. The third kappa shape index (κ3) is 7.68. The Bertz CT molecular complexity index is 1070. The number of amides is 1. The zero-order valence-electron chi connectivity index (χ0n) is 18.8. The van der Waals surface area contributed by atoms with Crippen LogP contribution < -0.4 is 19.5 Å². The molecule has 1 amide bonds. The number of benzene rings is 3. The molecule has 0 unspecified atom stereocenters. The van der Waals surface area contributed by atoms with Crippen molar-refractivity contribution in [3.63, 3.8) is 0 Å². The highest BCUT2D eigenvalue weighted by Gasteiger charge is 2.11. The van der Waals surface area contributed by atoms with E-state index in [0.29, 0.717) is 30.4 Å². The first-order valence-electron chi connectivity index (χ1n) is 10.8. The van der Waals surface area contributed by atoms with E-state index in [1.54, 1.807) is 13.2 Å². The molecule has 3 rings (SSSR count). The molecular weight excluding hydrogens is 482 g/mol. The third-order valence-corrected chi connectivity index (χ3v) is 5.38. The van der Waals surface area contributed by atoms with E-state index in [1.165, 1.54) is 6.08 Å². The molecule has 0 atom stereocenters. The Labute approximate surface area is 203 Å². The summed E-state index contributed by atoms with van der Waals surface area (Å²) in [4.78, 5) is 12.4. The fraction of sp³-hybridized carbons (Fsp3) is 0.222. The standard InChI is InChI=1S/C27H28BrNO4/c1-3-4-16-32-23-13-11-22(12-14-23)29-26(30)15-10-21-17-24(28)27(25(18-21)31-2)33-19-20-8-6-5-7-9-20/h5-15,17-18H,3-4,16,19H2,1-2H3,(H,29,30)/b15-10+. The summed E-state index contributed by atoms with van der Waals surface area (Å²) in [5.74, 6) is 1.76. The molecule has 6 heteroatoms. The molecule has 0 bridgehead atoms. The van der Waals surface area contributed by atoms with Crippen LogP contribution in [0.5, 0.6) is 17.2 Å². The average Bonchev–Trinajstić information content (AvgIpc) is 2.83. The number of carbonyl (C=O) groups excluding carboxylic acids is 1. The van der Waals surface area contributed by atoms with E-state index in [0.717, 1.165) is 34.2 Å². The smallest absolute Gasteiger partial charge is 0.248 e. The van der Waals surface area contributed by atoms with Crippen molar-refractivity contribution in [1.29, 1.82) is 0 Å². The van der Waals surface area contributed by atoms with E-state index < -0.39 is 0 Å². The Morgan fingerprint density at radius 3 is 2.48 bits per heavy atom. The minimum atomic E-state index is -0.228. The van der Waals surface area contributed by atoms with Crippen LogP contribution in [-0.4, -0.2) is 19.6 Å². The van der Waals surface area contributed by atoms with E-state index in [1.807, 2.05) is 66.7 Å². The first kappa shape index (κ1) is 24.4. The second kappa shape index (κ2) is 12.7. The van der Waals surface area contributed by atoms with E-state index in [-0.39, 0.29) is 5.91 Å². The van der Waals surface area contributed by atoms with Gasteiger partial charge in [0.15, 0.2) is 11.5 Å². The maximum atomic E-state index is 12.4. The van der Waals surface area contributed by atoms with Crippen LogP contribution in [0.25, 0.3) is 6.08 Å². The zero-order chi connectivity index (χ0) is 23.5. The third-order valence-electron chi connectivity index (χ3n) is 4.79. The van der Waals surface area contributed by atoms with Gasteiger partial charge in [0, 0.05) is 11.8 Å². The highest BCUT2D eigenvalue weighted by molar-refractivity contribution is 9.10. The first-order chi connectivity index (χ1) is 16.1. The minimum absolute atomic E-state index is 0.228. The molecule has 5 nitrogen and oxygen atoms in total. The molecule has 0 heterocycles. The Morgan fingerprint density at radius 1 is 1.03 bits per heavy atom. The number of nitrogens with one attached hydrogen (secondary N) is 1. The molecule has 0 fully saturated rings. The fourth-order valence-corrected chi connectivity index (χ4v) is 3.60. The number of hydrogen-bond donors (Lipinski definition) is 1. The molecule has 0 aliphatic rings. The van der Waals surface area contributed by atoms with Gasteiger partial charge in [0.2, 0.25) is 5.91 Å². The van der Waals surface area contributed by atoms with Crippen molar-refractivity contribution >= 4 is 33.6 Å². The van der Waals surface area contributed by atoms with Crippen molar-refractivity contribution in [3.05, 3.63) is 88.4 Å². The lowest BCUT2D eigenvalue weighted by Gasteiger charge is -2.13. The monoisotopic (exact) mass is 509 g/mol. The number of halogens is 1. The predicted molar refractivity (Wildman–Crippen MR) is 136 cm³/mol. The maximum Gasteiger partial charge on any atom is 0.248 e. The van der Waals surface area contributed by atoms with Crippen LogP contribution in [0.15, 0.2) is 77.3 Å². The number of ether oxygens (including phenoxy) is 3. The van der Waals surface area contributed by atoms with Crippen molar-refractivity contribution in [2.75, 3.05) is 19.0 Å². The van der Waals surface area contributed by atoms with E-state index in [2.05, 4.69) is 28.2 Å². The Kier molecular flexibility index (Phi) is 9.39. The molecular formula is C27H28BrNO4. The molecule has 33 heavy (non-hydrogen) atoms. The average molecular weight is 510 g/mol. The first-order valence-corrected chi connectivity index (χ1v) is 11.6. The largest absolute Gasteiger partial charge is 0.494 e. The number of anilines is 1. The SMILES string of the molecule is CCCCOc1ccc(NC(=O)/C=C/c2cc(Br)c(OCc3ccccc3)c(OC)c2)cc1. The summed E-state index contributed by atoms with van der Waals surface area (Å²) in [6.07, 6.45) is 5.32. The van der Waals surface area contributed by atoms with Gasteiger partial charge in [-0.1, -0.05) is 43.7 Å². The highest BCUT2D eigenvalue weighted by atomic mass is 79.9. The molecule has 0 saturated heterocycles. The van der Waals surface area contributed by atoms with Crippen LogP contribution in [0, 0.1) is 0 Å². The summed E-state index contributed by atoms with van der Waals surface area (Å²) < 4.78 is 17.9. The number of hydrogen-bond acceptors (Lipinski definition) is 4. The van der Waals surface area contributed by atoms with Gasteiger partial charge in [-0.25, -0.2) is 0 Å². The summed E-state index contributed by atoms with van der Waals surface area (Å²) in [6.45, 7) is 3.24. The van der Waals surface area contributed by atoms with Crippen LogP contribution >= 0.6 is 15.9 Å². The van der Waals surface area contributed by atoms with Gasteiger partial charge in [0.05, 0.1) is 18.2 Å². The van der Waals surface area contributed by atoms with Gasteiger partial charge in [-0.2, -0.15) is 0 Å². The van der Waals surface area contributed by atoms with Gasteiger partial charge in [-0.05, 0) is 76.0 Å². The van der Waals surface area contributed by atoms with Gasteiger partial charge in [-0.15, -0.1) is 0 Å². The lowest BCUT2D eigenvalue weighted by molar-refractivity contribution is -0.111. The van der Waals surface area contributed by atoms with Crippen LogP contribution in [0.3, 0.4) is 0 Å². The maximum absolute atomic E-state index is 12.4. The van der Waals surface area contributed by atoms with Crippen molar-refractivity contribution < 1.29 is 19.0 Å². The van der Waals surface area contributed by atoms with Crippen LogP contribution in [-0.2, 0) is 11.4 Å². The Morgan fingerprint density at radius 2 is 1.79 bits per heavy atom. The van der Waals surface area contributed by atoms with Gasteiger partial charge >= 0.3 is 0 Å². The molecule has 0 aliphatic heterocycles. The molecule has 0 spiro atoms. The zero-order valence-corrected chi connectivity index (χ0v) is 20.4. The summed E-state index contributed by atoms with van der Waals surface area (Å²) in [7, 11) is 1.59. The lowest BCUT2D eigenvalue weighted by atomic mass is 10.2. The summed E-state index contributed by atoms with van der Waals surface area (Å²) in [6, 6.07) is 21.0. The second-order valence-electron chi connectivity index (χ2n) is 7.36. The fourth-order valence-electron chi connectivity index (χ4n) is 3.03. The van der Waals surface area contributed by atoms with Crippen LogP contribution in [0.1, 0.15) is 30.9 Å². The molecule has 0 aliphatic carbocycles. The lowest BCUT2D eigenvalue weighted by Crippen LogP contribution is -2.07. The van der Waals surface area contributed by atoms with Crippen LogP contribution in [0.2, 0.25) is 0 Å². The number of rotatable bonds is 11. The topological polar surface area (TPSA) is 56.8 Å². The second-order valence-corrected chi connectivity index (χ2v) is 8.21. The summed E-state index contributed by atoms with van der Waals surface area (Å²) in [5, 5.41) is 2.85. The molecule has 0 saturated carbocycles. The van der Waals surface area contributed by atoms with Gasteiger partial charge in [0.25, 0.3) is 0 Å². The molecule has 172 valence electrons. The van der Waals surface area contributed by atoms with Gasteiger partial charge in [-0.3, -0.25) is 4.79 Å². The highest BCUT2D eigenvalue weighted by Crippen LogP contribution is 2.37. The molecule has 1 N–H and O–H groups in total. The number of carbonyl (C=O) groups is 1. The summed E-state index contributed by atoms with van der Waals surface area (Å²) >= 11 is 3.55. The van der Waals surface area contributed by atoms with E-state index >= 15 is 0 Å². The van der Waals surface area contributed by atoms with E-state index in [9.17, 15) is 4.79 Å². The molecule has 0 radical (unpaired) electrons. The quantitative estimate of drug-likeness (QED) is 0.226. The molecule has 0 aromatic heterocycles. The van der Waals surface area contributed by atoms with Crippen molar-refractivity contribution in [2.24, 2.45) is 0 Å². The van der Waals surface area contributed by atoms with Crippen LogP contribution in [0.4, 0.5) is 5.69 Å². The van der Waals surface area contributed by atoms with Crippen molar-refractivity contribution in [2.45, 2.75) is 26.4 Å². The number of unbranched alkanes of at least 4 members (excludes halogenated alkanes) is 1. The Hall–Kier alpha value is -3.25. The predicted octanol–water partition coefficient (Wildman–Crippen LogP) is 6.87. The van der Waals surface area contributed by atoms with Crippen molar-refractivity contribution in [3.8, 4) is 17.2 Å². The molecule has 3 aromatic rings.